The zero-order valence-corrected chi connectivity index (χ0v) is 8.41. The second kappa shape index (κ2) is 4.25. The van der Waals surface area contributed by atoms with Crippen LogP contribution in [0.5, 0.6) is 0 Å². The summed E-state index contributed by atoms with van der Waals surface area (Å²) in [6.45, 7) is 3.95. The number of rotatable bonds is 3. The highest BCUT2D eigenvalue weighted by molar-refractivity contribution is 6.05. The monoisotopic (exact) mass is 194 g/mol. The lowest BCUT2D eigenvalue weighted by molar-refractivity contribution is -0.140. The van der Waals surface area contributed by atoms with Crippen LogP contribution in [0, 0.1) is 12.3 Å². The van der Waals surface area contributed by atoms with Crippen molar-refractivity contribution in [3.05, 3.63) is 0 Å². The van der Waals surface area contributed by atoms with Crippen LogP contribution in [0.1, 0.15) is 20.3 Å². The number of hydrogen-bond acceptors (Lipinski definition) is 3. The van der Waals surface area contributed by atoms with Gasteiger partial charge in [-0.15, -0.1) is 6.42 Å². The third-order valence-corrected chi connectivity index (χ3v) is 2.15. The fourth-order valence-corrected chi connectivity index (χ4v) is 1.54. The van der Waals surface area contributed by atoms with Crippen molar-refractivity contribution in [1.82, 2.24) is 10.2 Å². The van der Waals surface area contributed by atoms with Gasteiger partial charge in [-0.05, 0) is 13.8 Å². The van der Waals surface area contributed by atoms with E-state index in [0.717, 1.165) is 0 Å². The molecular weight excluding hydrogens is 180 g/mol. The summed E-state index contributed by atoms with van der Waals surface area (Å²) >= 11 is 0. The van der Waals surface area contributed by atoms with E-state index in [9.17, 15) is 9.59 Å². The van der Waals surface area contributed by atoms with E-state index in [4.69, 9.17) is 6.42 Å². The molecule has 1 fully saturated rings. The van der Waals surface area contributed by atoms with Gasteiger partial charge in [0.2, 0.25) is 11.8 Å². The van der Waals surface area contributed by atoms with E-state index in [0.29, 0.717) is 6.54 Å². The summed E-state index contributed by atoms with van der Waals surface area (Å²) in [5.74, 6) is 2.09. The minimum atomic E-state index is -0.430. The Balaban J connectivity index is 2.65. The summed E-state index contributed by atoms with van der Waals surface area (Å²) in [5.41, 5.74) is 0. The molecule has 76 valence electrons. The van der Waals surface area contributed by atoms with E-state index in [1.54, 1.807) is 0 Å². The first-order valence-electron chi connectivity index (χ1n) is 4.60. The highest BCUT2D eigenvalue weighted by Gasteiger charge is 2.39. The van der Waals surface area contributed by atoms with Crippen LogP contribution in [0.4, 0.5) is 0 Å². The van der Waals surface area contributed by atoms with E-state index in [-0.39, 0.29) is 24.3 Å². The summed E-state index contributed by atoms with van der Waals surface area (Å²) in [4.78, 5) is 24.3. The highest BCUT2D eigenvalue weighted by Crippen LogP contribution is 2.15. The van der Waals surface area contributed by atoms with Gasteiger partial charge in [-0.1, -0.05) is 5.92 Å². The Hall–Kier alpha value is -1.34. The number of hydrogen-bond donors (Lipinski definition) is 1. The third kappa shape index (κ3) is 1.94. The Morgan fingerprint density at radius 2 is 2.29 bits per heavy atom. The number of likely N-dealkylation sites (tertiary alicyclic amines) is 1. The standard InChI is InChI=1S/C10H14N2O2/c1-4-5-11-8-6-9(13)12(7(2)3)10(8)14/h1,7-8,11H,5-6H2,2-3H3. The van der Waals surface area contributed by atoms with Crippen molar-refractivity contribution in [2.24, 2.45) is 0 Å². The molecule has 1 saturated heterocycles. The third-order valence-electron chi connectivity index (χ3n) is 2.15. The molecule has 1 atom stereocenters. The number of terminal acetylenes is 1. The predicted molar refractivity (Wildman–Crippen MR) is 52.2 cm³/mol. The van der Waals surface area contributed by atoms with Gasteiger partial charge in [-0.3, -0.25) is 19.8 Å². The molecule has 0 radical (unpaired) electrons. The quantitative estimate of drug-likeness (QED) is 0.497. The number of nitrogens with one attached hydrogen (secondary N) is 1. The molecule has 0 saturated carbocycles. The molecule has 1 unspecified atom stereocenters. The van der Waals surface area contributed by atoms with Crippen LogP contribution in [-0.2, 0) is 9.59 Å². The minimum absolute atomic E-state index is 0.0763. The van der Waals surface area contributed by atoms with E-state index < -0.39 is 6.04 Å². The fraction of sp³-hybridized carbons (Fsp3) is 0.600. The summed E-state index contributed by atoms with van der Waals surface area (Å²) in [7, 11) is 0. The van der Waals surface area contributed by atoms with Gasteiger partial charge >= 0.3 is 0 Å². The van der Waals surface area contributed by atoms with Crippen molar-refractivity contribution in [2.75, 3.05) is 6.54 Å². The first-order chi connectivity index (χ1) is 6.57. The molecule has 1 heterocycles. The van der Waals surface area contributed by atoms with E-state index in [1.807, 2.05) is 13.8 Å². The molecule has 1 aliphatic rings. The van der Waals surface area contributed by atoms with Gasteiger partial charge in [-0.2, -0.15) is 0 Å². The van der Waals surface area contributed by atoms with Crippen molar-refractivity contribution < 1.29 is 9.59 Å². The van der Waals surface area contributed by atoms with Crippen LogP contribution in [-0.4, -0.2) is 35.3 Å². The Labute approximate surface area is 83.6 Å². The van der Waals surface area contributed by atoms with Crippen LogP contribution in [0.25, 0.3) is 0 Å². The lowest BCUT2D eigenvalue weighted by atomic mass is 10.2. The molecule has 0 aromatic heterocycles. The first kappa shape index (κ1) is 10.7. The minimum Gasteiger partial charge on any atom is -0.295 e. The molecular formula is C10H14N2O2. The number of amides is 2. The molecule has 4 heteroatoms. The van der Waals surface area contributed by atoms with Crippen LogP contribution in [0.3, 0.4) is 0 Å². The van der Waals surface area contributed by atoms with Crippen LogP contribution in [0.2, 0.25) is 0 Å². The molecule has 1 N–H and O–H groups in total. The maximum atomic E-state index is 11.6. The zero-order valence-electron chi connectivity index (χ0n) is 8.41. The Morgan fingerprint density at radius 1 is 1.64 bits per heavy atom. The second-order valence-electron chi connectivity index (χ2n) is 3.54. The maximum Gasteiger partial charge on any atom is 0.247 e. The summed E-state index contributed by atoms with van der Waals surface area (Å²) in [6, 6.07) is -0.506. The Kier molecular flexibility index (Phi) is 3.26. The maximum absolute atomic E-state index is 11.6. The largest absolute Gasteiger partial charge is 0.295 e. The van der Waals surface area contributed by atoms with Crippen LogP contribution in [0.15, 0.2) is 0 Å². The van der Waals surface area contributed by atoms with Crippen molar-refractivity contribution in [2.45, 2.75) is 32.4 Å². The number of carbonyl (C=O) groups excluding carboxylic acids is 2. The molecule has 0 aliphatic carbocycles. The lowest BCUT2D eigenvalue weighted by Gasteiger charge is -2.18. The molecule has 1 aliphatic heterocycles. The van der Waals surface area contributed by atoms with Gasteiger partial charge < -0.3 is 0 Å². The van der Waals surface area contributed by atoms with Crippen LogP contribution < -0.4 is 5.32 Å². The molecule has 0 aromatic rings. The molecule has 4 nitrogen and oxygen atoms in total. The van der Waals surface area contributed by atoms with Gasteiger partial charge in [-0.25, -0.2) is 0 Å². The Bertz CT molecular complexity index is 291. The normalized spacial score (nSPS) is 21.9. The molecule has 14 heavy (non-hydrogen) atoms. The summed E-state index contributed by atoms with van der Waals surface area (Å²) < 4.78 is 0. The smallest absolute Gasteiger partial charge is 0.247 e. The average molecular weight is 194 g/mol. The van der Waals surface area contributed by atoms with Crippen molar-refractivity contribution in [3.63, 3.8) is 0 Å². The lowest BCUT2D eigenvalue weighted by Crippen LogP contribution is -2.41. The van der Waals surface area contributed by atoms with Gasteiger partial charge in [0.25, 0.3) is 0 Å². The molecule has 0 bridgehead atoms. The van der Waals surface area contributed by atoms with Crippen molar-refractivity contribution in [3.8, 4) is 12.3 Å². The van der Waals surface area contributed by atoms with E-state index in [1.165, 1.54) is 4.90 Å². The molecule has 2 amide bonds. The molecule has 0 aromatic carbocycles. The van der Waals surface area contributed by atoms with E-state index in [2.05, 4.69) is 11.2 Å². The number of nitrogens with zero attached hydrogens (tertiary/aromatic N) is 1. The number of carbonyl (C=O) groups is 2. The summed E-state index contributed by atoms with van der Waals surface area (Å²) in [6.07, 6.45) is 5.28. The zero-order chi connectivity index (χ0) is 10.7. The fourth-order valence-electron chi connectivity index (χ4n) is 1.54. The topological polar surface area (TPSA) is 49.4 Å². The van der Waals surface area contributed by atoms with Crippen molar-refractivity contribution >= 4 is 11.8 Å². The van der Waals surface area contributed by atoms with Gasteiger partial charge in [0.15, 0.2) is 0 Å². The first-order valence-corrected chi connectivity index (χ1v) is 4.60. The van der Waals surface area contributed by atoms with Crippen molar-refractivity contribution in [1.29, 1.82) is 0 Å². The highest BCUT2D eigenvalue weighted by atomic mass is 16.2. The van der Waals surface area contributed by atoms with Gasteiger partial charge in [0, 0.05) is 6.04 Å². The predicted octanol–water partition coefficient (Wildman–Crippen LogP) is -0.255. The second-order valence-corrected chi connectivity index (χ2v) is 3.54. The number of imide groups is 1. The molecule has 0 spiro atoms. The van der Waals surface area contributed by atoms with E-state index >= 15 is 0 Å². The average Bonchev–Trinajstić information content (AvgIpc) is 2.38. The molecule has 1 rings (SSSR count). The Morgan fingerprint density at radius 3 is 2.71 bits per heavy atom. The summed E-state index contributed by atoms with van der Waals surface area (Å²) in [5, 5.41) is 2.85. The van der Waals surface area contributed by atoms with Crippen LogP contribution >= 0.6 is 0 Å². The van der Waals surface area contributed by atoms with Gasteiger partial charge in [0.1, 0.15) is 0 Å². The van der Waals surface area contributed by atoms with Gasteiger partial charge in [0.05, 0.1) is 19.0 Å². The SMILES string of the molecule is C#CCNC1CC(=O)N(C(C)C)C1=O.